The summed E-state index contributed by atoms with van der Waals surface area (Å²) in [7, 11) is 0. The Labute approximate surface area is 192 Å². The Hall–Kier alpha value is -2.14. The zero-order chi connectivity index (χ0) is 23.2. The molecular weight excluding hydrogens is 428 g/mol. The van der Waals surface area contributed by atoms with Crippen LogP contribution in [0.15, 0.2) is 36.4 Å². The van der Waals surface area contributed by atoms with Gasteiger partial charge in [-0.1, -0.05) is 63.3 Å². The van der Waals surface area contributed by atoms with Crippen molar-refractivity contribution in [3.63, 3.8) is 0 Å². The predicted octanol–water partition coefficient (Wildman–Crippen LogP) is 8.42. The number of halogens is 4. The number of epoxide rings is 1. The third-order valence-corrected chi connectivity index (χ3v) is 7.85. The molecule has 0 spiro atoms. The van der Waals surface area contributed by atoms with E-state index in [9.17, 15) is 13.2 Å². The lowest BCUT2D eigenvalue weighted by Gasteiger charge is -2.29. The number of fused-ring (bicyclic) bond motifs is 3. The molecule has 176 valence electrons. The summed E-state index contributed by atoms with van der Waals surface area (Å²) < 4.78 is 62.2. The second-order valence-electron chi connectivity index (χ2n) is 9.93. The molecule has 5 heteroatoms. The van der Waals surface area contributed by atoms with Crippen LogP contribution in [0, 0.1) is 23.4 Å². The summed E-state index contributed by atoms with van der Waals surface area (Å²) in [5.41, 5.74) is 0.603. The van der Waals surface area contributed by atoms with Gasteiger partial charge in [-0.15, -0.1) is 0 Å². The summed E-state index contributed by atoms with van der Waals surface area (Å²) >= 11 is 0. The molecule has 1 aliphatic heterocycles. The number of hydrogen-bond acceptors (Lipinski definition) is 1. The molecule has 2 fully saturated rings. The van der Waals surface area contributed by atoms with Crippen molar-refractivity contribution in [2.45, 2.75) is 82.1 Å². The first-order valence-corrected chi connectivity index (χ1v) is 12.3. The molecule has 1 heterocycles. The van der Waals surface area contributed by atoms with Gasteiger partial charge in [0.25, 0.3) is 5.85 Å². The molecule has 0 amide bonds. The Morgan fingerprint density at radius 3 is 2.36 bits per heavy atom. The Morgan fingerprint density at radius 2 is 1.67 bits per heavy atom. The Kier molecular flexibility index (Phi) is 5.88. The Morgan fingerprint density at radius 1 is 0.939 bits per heavy atom. The van der Waals surface area contributed by atoms with E-state index in [1.165, 1.54) is 56.6 Å². The van der Waals surface area contributed by atoms with Crippen LogP contribution >= 0.6 is 0 Å². The third kappa shape index (κ3) is 3.82. The van der Waals surface area contributed by atoms with Gasteiger partial charge in [0, 0.05) is 11.1 Å². The fraction of sp³-hybridized carbons (Fsp3) is 0.500. The van der Waals surface area contributed by atoms with Crippen molar-refractivity contribution in [1.82, 2.24) is 0 Å². The molecule has 0 bridgehead atoms. The van der Waals surface area contributed by atoms with Crippen LogP contribution in [0.2, 0.25) is 0 Å². The summed E-state index contributed by atoms with van der Waals surface area (Å²) in [4.78, 5) is 0. The van der Waals surface area contributed by atoms with Crippen molar-refractivity contribution in [3.05, 3.63) is 76.1 Å². The van der Waals surface area contributed by atoms with Crippen LogP contribution in [-0.2, 0) is 16.2 Å². The molecule has 2 atom stereocenters. The number of unbranched alkanes of at least 4 members (excludes halogenated alkanes) is 3. The monoisotopic (exact) mass is 458 g/mol. The van der Waals surface area contributed by atoms with Crippen molar-refractivity contribution in [2.24, 2.45) is 5.92 Å². The average molecular weight is 459 g/mol. The van der Waals surface area contributed by atoms with Crippen molar-refractivity contribution in [1.29, 1.82) is 0 Å². The topological polar surface area (TPSA) is 12.5 Å². The average Bonchev–Trinajstić information content (AvgIpc) is 3.48. The number of hydrogen-bond donors (Lipinski definition) is 0. The number of alkyl halides is 1. The highest BCUT2D eigenvalue weighted by atomic mass is 19.2. The molecule has 2 unspecified atom stereocenters. The maximum Gasteiger partial charge on any atom is 0.274 e. The Balaban J connectivity index is 1.30. The van der Waals surface area contributed by atoms with Crippen LogP contribution in [0.25, 0.3) is 6.08 Å². The van der Waals surface area contributed by atoms with Crippen LogP contribution in [0.3, 0.4) is 0 Å². The second kappa shape index (κ2) is 8.57. The quantitative estimate of drug-likeness (QED) is 0.176. The van der Waals surface area contributed by atoms with Crippen molar-refractivity contribution in [3.8, 4) is 0 Å². The molecule has 2 aliphatic carbocycles. The molecule has 33 heavy (non-hydrogen) atoms. The lowest BCUT2D eigenvalue weighted by Crippen LogP contribution is -2.21. The van der Waals surface area contributed by atoms with E-state index in [1.807, 2.05) is 12.1 Å². The fourth-order valence-electron chi connectivity index (χ4n) is 5.82. The number of ether oxygens (including phenoxy) is 1. The van der Waals surface area contributed by atoms with Crippen LogP contribution in [0.4, 0.5) is 17.6 Å². The molecule has 3 aliphatic rings. The molecular formula is C28H30F4O. The van der Waals surface area contributed by atoms with Gasteiger partial charge in [-0.3, -0.25) is 0 Å². The molecule has 0 aromatic heterocycles. The maximum atomic E-state index is 15.8. The van der Waals surface area contributed by atoms with Gasteiger partial charge in [-0.2, -0.15) is 0 Å². The van der Waals surface area contributed by atoms with Gasteiger partial charge in [-0.05, 0) is 66.9 Å². The smallest absolute Gasteiger partial charge is 0.274 e. The molecule has 1 saturated carbocycles. The van der Waals surface area contributed by atoms with Crippen LogP contribution in [0.5, 0.6) is 0 Å². The maximum absolute atomic E-state index is 15.8. The zero-order valence-electron chi connectivity index (χ0n) is 19.0. The van der Waals surface area contributed by atoms with Gasteiger partial charge in [0.15, 0.2) is 23.1 Å². The first-order valence-electron chi connectivity index (χ1n) is 12.3. The highest BCUT2D eigenvalue weighted by Gasteiger charge is 2.74. The van der Waals surface area contributed by atoms with Crippen LogP contribution in [0.1, 0.15) is 92.9 Å². The highest BCUT2D eigenvalue weighted by Crippen LogP contribution is 2.67. The van der Waals surface area contributed by atoms with Gasteiger partial charge >= 0.3 is 0 Å². The minimum atomic E-state index is -2.21. The Bertz CT molecular complexity index is 1050. The van der Waals surface area contributed by atoms with Gasteiger partial charge in [0.2, 0.25) is 0 Å². The second-order valence-corrected chi connectivity index (χ2v) is 9.93. The molecule has 2 aromatic carbocycles. The van der Waals surface area contributed by atoms with Crippen molar-refractivity contribution < 1.29 is 22.3 Å². The van der Waals surface area contributed by atoms with E-state index in [0.29, 0.717) is 11.5 Å². The summed E-state index contributed by atoms with van der Waals surface area (Å²) in [6.45, 7) is 2.24. The normalized spacial score (nSPS) is 30.1. The van der Waals surface area contributed by atoms with Crippen LogP contribution in [-0.4, -0.2) is 0 Å². The highest BCUT2D eigenvalue weighted by molar-refractivity contribution is 5.66. The molecule has 1 nitrogen and oxygen atoms in total. The first-order chi connectivity index (χ1) is 15.9. The molecule has 2 aromatic rings. The summed E-state index contributed by atoms with van der Waals surface area (Å²) in [5.74, 6) is -5.19. The van der Waals surface area contributed by atoms with E-state index in [-0.39, 0.29) is 5.56 Å². The lowest BCUT2D eigenvalue weighted by molar-refractivity contribution is 0.140. The van der Waals surface area contributed by atoms with E-state index >= 15 is 4.39 Å². The standard InChI is InChI=1S/C28H30F4O/c1-2-3-4-5-6-18-7-9-19(10-8-18)20-11-12-23-21(15-20)13-14-27(28(23,32)33-27)22-16-24(29)26(31)25(30)17-22/h11-19H,2-10H2,1H3. The van der Waals surface area contributed by atoms with E-state index in [2.05, 4.69) is 6.92 Å². The van der Waals surface area contributed by atoms with Crippen LogP contribution < -0.4 is 0 Å². The third-order valence-electron chi connectivity index (χ3n) is 7.85. The van der Waals surface area contributed by atoms with Gasteiger partial charge in [0.1, 0.15) is 0 Å². The SMILES string of the molecule is CCCCCCC1CCC(c2ccc3c(c2)C=CC2(c4cc(F)c(F)c(F)c4)OC32F)CC1. The molecule has 5 rings (SSSR count). The van der Waals surface area contributed by atoms with Crippen molar-refractivity contribution >= 4 is 6.08 Å². The van der Waals surface area contributed by atoms with Gasteiger partial charge in [0.05, 0.1) is 0 Å². The summed E-state index contributed by atoms with van der Waals surface area (Å²) in [5, 5.41) is 0. The summed E-state index contributed by atoms with van der Waals surface area (Å²) in [6.07, 6.45) is 14.6. The number of rotatable bonds is 7. The first kappa shape index (κ1) is 22.6. The van der Waals surface area contributed by atoms with E-state index in [4.69, 9.17) is 4.74 Å². The van der Waals surface area contributed by atoms with Crippen molar-refractivity contribution in [2.75, 3.05) is 0 Å². The molecule has 1 saturated heterocycles. The van der Waals surface area contributed by atoms with E-state index in [0.717, 1.165) is 36.5 Å². The van der Waals surface area contributed by atoms with E-state index in [1.54, 1.807) is 12.1 Å². The molecule has 0 radical (unpaired) electrons. The van der Waals surface area contributed by atoms with Gasteiger partial charge < -0.3 is 4.74 Å². The lowest BCUT2D eigenvalue weighted by atomic mass is 9.75. The van der Waals surface area contributed by atoms with Gasteiger partial charge in [-0.25, -0.2) is 17.6 Å². The number of benzene rings is 2. The predicted molar refractivity (Wildman–Crippen MR) is 121 cm³/mol. The minimum Gasteiger partial charge on any atom is -0.317 e. The minimum absolute atomic E-state index is 0.0652. The van der Waals surface area contributed by atoms with E-state index < -0.39 is 28.9 Å². The fourth-order valence-corrected chi connectivity index (χ4v) is 5.82. The molecule has 0 N–H and O–H groups in total. The largest absolute Gasteiger partial charge is 0.317 e. The zero-order valence-corrected chi connectivity index (χ0v) is 19.0. The summed E-state index contributed by atoms with van der Waals surface area (Å²) in [6, 6.07) is 7.35.